The summed E-state index contributed by atoms with van der Waals surface area (Å²) in [5.74, 6) is 0. The third-order valence-electron chi connectivity index (χ3n) is 3.26. The van der Waals surface area contributed by atoms with Crippen molar-refractivity contribution in [1.29, 1.82) is 0 Å². The van der Waals surface area contributed by atoms with Gasteiger partial charge in [0.15, 0.2) is 11.7 Å². The lowest BCUT2D eigenvalue weighted by atomic mass is 10.1. The number of H-pyrrole nitrogens is 2. The summed E-state index contributed by atoms with van der Waals surface area (Å²) < 4.78 is 6.54. The number of nitrogens with one attached hydrogen (secondary N) is 2. The average molecular weight is 320 g/mol. The molecule has 12 nitrogen and oxygen atoms in total. The molecule has 0 amide bonds. The van der Waals surface area contributed by atoms with Crippen molar-refractivity contribution in [3.05, 3.63) is 27.2 Å². The van der Waals surface area contributed by atoms with Crippen LogP contribution in [0, 0.1) is 0 Å². The molecule has 0 bridgehead atoms. The lowest BCUT2D eigenvalue weighted by Crippen LogP contribution is -2.33. The van der Waals surface area contributed by atoms with E-state index in [-0.39, 0.29) is 22.1 Å². The summed E-state index contributed by atoms with van der Waals surface area (Å²) in [5.41, 5.74) is -1.36. The molecule has 3 heterocycles. The van der Waals surface area contributed by atoms with E-state index in [9.17, 15) is 19.8 Å². The Bertz CT molecular complexity index is 751. The third kappa shape index (κ3) is 2.54. The molecule has 4 atom stereocenters. The van der Waals surface area contributed by atoms with Crippen molar-refractivity contribution in [2.24, 2.45) is 0 Å². The Balaban J connectivity index is 0.00000121. The molecule has 0 saturated carbocycles. The molecule has 0 aromatic carbocycles. The number of aromatic amines is 2. The van der Waals surface area contributed by atoms with Crippen molar-refractivity contribution < 1.29 is 31.0 Å². The van der Waals surface area contributed by atoms with Gasteiger partial charge >= 0.3 is 5.69 Å². The Kier molecular flexibility index (Phi) is 5.18. The van der Waals surface area contributed by atoms with Crippen LogP contribution >= 0.6 is 0 Å². The van der Waals surface area contributed by atoms with Crippen molar-refractivity contribution in [2.45, 2.75) is 24.5 Å². The maximum atomic E-state index is 11.6. The van der Waals surface area contributed by atoms with Gasteiger partial charge < -0.3 is 31.0 Å². The van der Waals surface area contributed by atoms with E-state index in [2.05, 4.69) is 9.97 Å². The van der Waals surface area contributed by atoms with Gasteiger partial charge in [0.2, 0.25) is 0 Å². The molecule has 3 rings (SSSR count). The lowest BCUT2D eigenvalue weighted by Gasteiger charge is -2.16. The molecule has 1 aliphatic rings. The Hall–Kier alpha value is -2.09. The molecular weight excluding hydrogens is 304 g/mol. The van der Waals surface area contributed by atoms with Crippen LogP contribution in [0.4, 0.5) is 0 Å². The molecular formula is C10H16N4O8. The molecule has 1 saturated heterocycles. The fourth-order valence-electron chi connectivity index (χ4n) is 2.25. The molecule has 1 aliphatic heterocycles. The zero-order valence-corrected chi connectivity index (χ0v) is 11.1. The molecule has 12 heteroatoms. The van der Waals surface area contributed by atoms with Crippen LogP contribution in [0.2, 0.25) is 0 Å². The van der Waals surface area contributed by atoms with Crippen LogP contribution in [-0.2, 0) is 4.74 Å². The van der Waals surface area contributed by atoms with E-state index in [0.29, 0.717) is 0 Å². The van der Waals surface area contributed by atoms with E-state index in [1.807, 2.05) is 4.98 Å². The maximum Gasteiger partial charge on any atom is 0.327 e. The summed E-state index contributed by atoms with van der Waals surface area (Å²) in [6.07, 6.45) is -3.43. The molecule has 1 fully saturated rings. The zero-order valence-electron chi connectivity index (χ0n) is 11.1. The smallest absolute Gasteiger partial charge is 0.327 e. The van der Waals surface area contributed by atoms with Crippen LogP contribution in [0.1, 0.15) is 6.23 Å². The summed E-state index contributed by atoms with van der Waals surface area (Å²) in [6.45, 7) is -0.474. The molecule has 0 radical (unpaired) electrons. The van der Waals surface area contributed by atoms with E-state index in [1.54, 1.807) is 0 Å². The van der Waals surface area contributed by atoms with Crippen molar-refractivity contribution >= 4 is 11.2 Å². The molecule has 124 valence electrons. The highest BCUT2D eigenvalue weighted by atomic mass is 16.6. The first-order valence-electron chi connectivity index (χ1n) is 5.84. The second kappa shape index (κ2) is 6.35. The van der Waals surface area contributed by atoms with Crippen molar-refractivity contribution in [3.8, 4) is 0 Å². The highest BCUT2D eigenvalue weighted by Crippen LogP contribution is 2.30. The number of aliphatic hydroxyl groups excluding tert-OH is 3. The molecule has 2 unspecified atom stereocenters. The van der Waals surface area contributed by atoms with Gasteiger partial charge in [-0.15, -0.1) is 0 Å². The number of nitrogens with zero attached hydrogens (tertiary/aromatic N) is 2. The largest absolute Gasteiger partial charge is 0.412 e. The van der Waals surface area contributed by atoms with Crippen LogP contribution in [0.5, 0.6) is 0 Å². The fourth-order valence-corrected chi connectivity index (χ4v) is 2.25. The first kappa shape index (κ1) is 18.0. The number of hydrogen-bond donors (Lipinski definition) is 5. The van der Waals surface area contributed by atoms with E-state index in [0.717, 1.165) is 0 Å². The summed E-state index contributed by atoms with van der Waals surface area (Å²) in [5, 5.41) is 28.7. The number of aromatic nitrogens is 4. The molecule has 0 spiro atoms. The number of ether oxygens (including phenoxy) is 1. The van der Waals surface area contributed by atoms with E-state index in [1.165, 1.54) is 10.9 Å². The SMILES string of the molecule is O.O.O=c1[nH]c(=O)c2ncn([C@H]3O[C@@H](CO)C(O)C3O)c2[nH]1. The van der Waals surface area contributed by atoms with Gasteiger partial charge in [-0.3, -0.25) is 19.3 Å². The van der Waals surface area contributed by atoms with Gasteiger partial charge in [0.25, 0.3) is 5.56 Å². The Morgan fingerprint density at radius 3 is 2.50 bits per heavy atom. The van der Waals surface area contributed by atoms with Crippen LogP contribution in [0.25, 0.3) is 11.2 Å². The summed E-state index contributed by atoms with van der Waals surface area (Å²) in [4.78, 5) is 31.1. The zero-order chi connectivity index (χ0) is 14.4. The van der Waals surface area contributed by atoms with Gasteiger partial charge in [0.1, 0.15) is 24.0 Å². The molecule has 22 heavy (non-hydrogen) atoms. The fraction of sp³-hybridized carbons (Fsp3) is 0.500. The van der Waals surface area contributed by atoms with Gasteiger partial charge in [-0.2, -0.15) is 0 Å². The Morgan fingerprint density at radius 2 is 1.91 bits per heavy atom. The van der Waals surface area contributed by atoms with Gasteiger partial charge in [-0.1, -0.05) is 0 Å². The van der Waals surface area contributed by atoms with Crippen molar-refractivity contribution in [2.75, 3.05) is 6.61 Å². The quantitative estimate of drug-likeness (QED) is 0.364. The summed E-state index contributed by atoms with van der Waals surface area (Å²) in [7, 11) is 0. The number of rotatable bonds is 2. The van der Waals surface area contributed by atoms with E-state index in [4.69, 9.17) is 9.84 Å². The second-order valence-electron chi connectivity index (χ2n) is 4.49. The minimum atomic E-state index is -1.33. The third-order valence-corrected chi connectivity index (χ3v) is 3.26. The first-order chi connectivity index (χ1) is 9.52. The number of fused-ring (bicyclic) bond motifs is 1. The highest BCUT2D eigenvalue weighted by Gasteiger charge is 2.43. The molecule has 9 N–H and O–H groups in total. The monoisotopic (exact) mass is 320 g/mol. The highest BCUT2D eigenvalue weighted by molar-refractivity contribution is 5.68. The standard InChI is InChI=1S/C10H12N4O6.2H2O/c15-1-3-5(16)6(17)9(20-3)14-2-11-4-7(14)12-10(19)13-8(4)18;;/h2-3,5-6,9,15-17H,1H2,(H2,12,13,18,19);2*1H2/t3-,5?,6?,9-;;/m0../s1. The minimum Gasteiger partial charge on any atom is -0.412 e. The number of hydrogen-bond acceptors (Lipinski definition) is 7. The maximum absolute atomic E-state index is 11.6. The van der Waals surface area contributed by atoms with Crippen molar-refractivity contribution in [3.63, 3.8) is 0 Å². The lowest BCUT2D eigenvalue weighted by molar-refractivity contribution is -0.0511. The average Bonchev–Trinajstić information content (AvgIpc) is 2.93. The van der Waals surface area contributed by atoms with Gasteiger partial charge in [0, 0.05) is 0 Å². The van der Waals surface area contributed by atoms with Gasteiger partial charge in [0.05, 0.1) is 12.9 Å². The normalized spacial score (nSPS) is 27.4. The van der Waals surface area contributed by atoms with Crippen LogP contribution < -0.4 is 11.2 Å². The summed E-state index contributed by atoms with van der Waals surface area (Å²) in [6, 6.07) is 0. The Labute approximate surface area is 121 Å². The van der Waals surface area contributed by atoms with E-state index < -0.39 is 42.4 Å². The van der Waals surface area contributed by atoms with Crippen LogP contribution in [0.15, 0.2) is 15.9 Å². The topological polar surface area (TPSA) is 216 Å². The van der Waals surface area contributed by atoms with Crippen LogP contribution in [-0.4, -0.2) is 70.7 Å². The predicted molar refractivity (Wildman–Crippen MR) is 71.2 cm³/mol. The predicted octanol–water partition coefficient (Wildman–Crippen LogP) is -4.62. The Morgan fingerprint density at radius 1 is 1.23 bits per heavy atom. The summed E-state index contributed by atoms with van der Waals surface area (Å²) >= 11 is 0. The number of imidazole rings is 1. The van der Waals surface area contributed by atoms with Crippen molar-refractivity contribution in [1.82, 2.24) is 19.5 Å². The molecule has 0 aliphatic carbocycles. The van der Waals surface area contributed by atoms with E-state index >= 15 is 0 Å². The second-order valence-corrected chi connectivity index (χ2v) is 4.49. The molecule has 2 aromatic heterocycles. The molecule has 2 aromatic rings. The van der Waals surface area contributed by atoms with Crippen LogP contribution in [0.3, 0.4) is 0 Å². The van der Waals surface area contributed by atoms with Gasteiger partial charge in [-0.05, 0) is 0 Å². The number of aliphatic hydroxyl groups is 3. The minimum absolute atomic E-state index is 0. The first-order valence-corrected chi connectivity index (χ1v) is 5.84. The van der Waals surface area contributed by atoms with Gasteiger partial charge in [-0.25, -0.2) is 9.78 Å².